The Morgan fingerprint density at radius 1 is 0.308 bits per heavy atom. The lowest BCUT2D eigenvalue weighted by Gasteiger charge is -2.11. The Labute approximate surface area is 833 Å². The summed E-state index contributed by atoms with van der Waals surface area (Å²) in [5.41, 5.74) is 37.6. The number of aromatic nitrogens is 16. The summed E-state index contributed by atoms with van der Waals surface area (Å²) in [6.07, 6.45) is 17.0. The molecule has 26 rings (SSSR count). The number of nitrogens with zero attached hydrogens (tertiary/aromatic N) is 16. The number of rotatable bonds is 10. The van der Waals surface area contributed by atoms with E-state index in [2.05, 4.69) is 428 Å². The number of thiophene rings is 2. The number of hydrogen-bond acceptors (Lipinski definition) is 14. The van der Waals surface area contributed by atoms with Gasteiger partial charge in [-0.05, 0) is 236 Å². The smallest absolute Gasteiger partial charge is 0.319 e. The average molecular weight is 1930 g/mol. The number of oxazole rings is 4. The Hall–Kier alpha value is -16.4. The first-order chi connectivity index (χ1) is 68.8. The molecular weight excluding hydrogens is 1820 g/mol. The maximum Gasteiger partial charge on any atom is 0.319 e. The molecule has 0 aliphatic rings. The predicted molar refractivity (Wildman–Crippen MR) is 569 cm³/mol. The van der Waals surface area contributed by atoms with Gasteiger partial charge in [-0.1, -0.05) is 133 Å². The van der Waals surface area contributed by atoms with Crippen molar-refractivity contribution in [2.45, 2.75) is 125 Å². The summed E-state index contributed by atoms with van der Waals surface area (Å²) in [5.74, 6) is 10.2. The number of hydrogen-bond donors (Lipinski definition) is 0. The van der Waals surface area contributed by atoms with E-state index < -0.39 is 0 Å². The van der Waals surface area contributed by atoms with E-state index >= 15 is 0 Å². The molecule has 0 atom stereocenters. The number of furan rings is 3. The lowest BCUT2D eigenvalue weighted by molar-refractivity contribution is -0.659. The monoisotopic (exact) mass is 1930 g/mol. The van der Waals surface area contributed by atoms with Gasteiger partial charge in [0.15, 0.2) is 67.2 Å². The van der Waals surface area contributed by atoms with Gasteiger partial charge in [-0.3, -0.25) is 0 Å². The van der Waals surface area contributed by atoms with Crippen LogP contribution < -0.4 is 22.8 Å². The molecule has 25 heteroatoms. The highest BCUT2D eigenvalue weighted by atomic mass is 32.1. The van der Waals surface area contributed by atoms with Gasteiger partial charge in [0.05, 0.1) is 67.4 Å². The molecule has 0 fully saturated rings. The van der Waals surface area contributed by atoms with Gasteiger partial charge in [-0.2, -0.15) is 22.8 Å². The largest absolute Gasteiger partial charge is 0.439 e. The van der Waals surface area contributed by atoms with Crippen molar-refractivity contribution in [1.82, 2.24) is 52.3 Å². The summed E-state index contributed by atoms with van der Waals surface area (Å²) < 4.78 is 68.4. The lowest BCUT2D eigenvalue weighted by atomic mass is 10.0. The first-order valence-electron chi connectivity index (χ1n) is 48.0. The van der Waals surface area contributed by atoms with Crippen LogP contribution in [0.5, 0.6) is 0 Å². The standard InChI is InChI=1S/C26H22N3O2.C23H23N4O.C23H22N3O2.2C23H22N3OS/c1-15-9-5-6-10-19(15)29-21-12-8-7-11-20(21)28(4)25(29)22-16(2)13-14-18-23-26(31-24(18)22)30-17(3)27-23;1-14-8-6-7-9-18(14)27-13-12-25(4)22(27)19-15(2)10-11-17-20-23(28-21(17)19)26(5)16(3)24-20;2*1-13-7-6-8-14(2)21(13)26-10-9-25(5)22(26)17-12-19-18(11-15(17)3)20-23(28-19)27-16(4)24-20;1-13-9-10-17-20-22(24-16(4)27-20)28-21(17)18(13)23-25(5)11-12-26(23)19-14(2)7-6-8-15(19)3/h5-14H,1-4H3;6-13H,1-5H3;3*6-12H,1-5H3/q5*+1. The molecule has 0 N–H and O–H groups in total. The molecule has 0 saturated heterocycles. The number of para-hydroxylation sites is 7. The highest BCUT2D eigenvalue weighted by molar-refractivity contribution is 7.26. The van der Waals surface area contributed by atoms with Gasteiger partial charge in [-0.15, -0.1) is 11.3 Å². The lowest BCUT2D eigenvalue weighted by Crippen LogP contribution is -2.30. The quantitative estimate of drug-likeness (QED) is 0.117. The zero-order chi connectivity index (χ0) is 99.6. The highest BCUT2D eigenvalue weighted by Gasteiger charge is 2.36. The molecule has 0 aliphatic heterocycles. The van der Waals surface area contributed by atoms with Crippen LogP contribution in [0.2, 0.25) is 0 Å². The van der Waals surface area contributed by atoms with Crippen LogP contribution in [-0.2, 0) is 42.3 Å². The SMILES string of the molecule is Cc1ccccc1-n1cc[n+](C)c1-c1c(C)ccc2c1oc1c2nc(C)n1C.Cc1nc2c(o1)oc1c(-c3n(-c4ccccc4C)c4ccccc4[n+]3C)c(C)ccc12.Cc1nc2c(o1)oc1cc(-c3n(-c4c(C)cccc4C)cc[n+]3C)c(C)cc12.Cc1nc2c(o1)sc1cc(-c3n(-c4c(C)cccc4C)cc[n+]3C)c(C)cc12.Cc1nc2sc3c(-c4n(-c5c(C)cccc5C)cc[n+]4C)c(C)ccc3c2o1. The van der Waals surface area contributed by atoms with Gasteiger partial charge in [0.25, 0.3) is 29.1 Å². The van der Waals surface area contributed by atoms with Crippen molar-refractivity contribution in [3.05, 3.63) is 339 Å². The molecule has 23 nitrogen and oxygen atoms in total. The van der Waals surface area contributed by atoms with Crippen LogP contribution in [-0.4, -0.2) is 52.3 Å². The minimum absolute atomic E-state index is 0.473. The fraction of sp³-hybridized carbons (Fsp3) is 0.203. The summed E-state index contributed by atoms with van der Waals surface area (Å²) in [5, 5.41) is 5.31. The molecule has 0 amide bonds. The van der Waals surface area contributed by atoms with Gasteiger partial charge >= 0.3 is 11.6 Å². The van der Waals surface area contributed by atoms with Crippen LogP contribution in [0.1, 0.15) is 102 Å². The zero-order valence-corrected chi connectivity index (χ0v) is 86.5. The summed E-state index contributed by atoms with van der Waals surface area (Å²) in [6, 6.07) is 66.3. The first-order valence-corrected chi connectivity index (χ1v) is 49.6. The Kier molecular flexibility index (Phi) is 22.7. The maximum atomic E-state index is 6.39. The van der Waals surface area contributed by atoms with Crippen molar-refractivity contribution in [2.75, 3.05) is 0 Å². The summed E-state index contributed by atoms with van der Waals surface area (Å²) in [7, 11) is 12.5. The second kappa shape index (κ2) is 35.4. The minimum Gasteiger partial charge on any atom is -0.439 e. The Bertz CT molecular complexity index is 9380. The van der Waals surface area contributed by atoms with E-state index in [0.29, 0.717) is 23.3 Å². The topological polar surface area (TPSA) is 205 Å². The fourth-order valence-corrected chi connectivity index (χ4v) is 23.3. The molecule has 0 bridgehead atoms. The van der Waals surface area contributed by atoms with E-state index in [1.165, 1.54) is 122 Å². The minimum atomic E-state index is 0.473. The van der Waals surface area contributed by atoms with Crippen molar-refractivity contribution in [1.29, 1.82) is 0 Å². The predicted octanol–water partition coefficient (Wildman–Crippen LogP) is 26.7. The molecule has 0 radical (unpaired) electrons. The van der Waals surface area contributed by atoms with Crippen molar-refractivity contribution >= 4 is 141 Å². The van der Waals surface area contributed by atoms with Crippen molar-refractivity contribution in [3.8, 4) is 85.4 Å². The van der Waals surface area contributed by atoms with E-state index in [1.54, 1.807) is 22.7 Å². The average Bonchev–Trinajstić information content (AvgIpc) is 1.57. The molecular formula is C118H111N16O7S2+5. The highest BCUT2D eigenvalue weighted by Crippen LogP contribution is 2.47. The molecule has 712 valence electrons. The van der Waals surface area contributed by atoms with Gasteiger partial charge in [-0.25, -0.2) is 47.8 Å². The van der Waals surface area contributed by atoms with E-state index in [4.69, 9.17) is 35.9 Å². The molecule has 143 heavy (non-hydrogen) atoms. The number of aryl methyl sites for hydroxylation is 24. The Morgan fingerprint density at radius 2 is 0.748 bits per heavy atom. The molecule has 0 aliphatic carbocycles. The van der Waals surface area contributed by atoms with E-state index in [-0.39, 0.29) is 0 Å². The molecule has 0 spiro atoms. The summed E-state index contributed by atoms with van der Waals surface area (Å²) >= 11 is 3.38. The molecule has 0 unspecified atom stereocenters. The third kappa shape index (κ3) is 15.4. The van der Waals surface area contributed by atoms with Crippen molar-refractivity contribution < 1.29 is 53.8 Å². The normalized spacial score (nSPS) is 11.8. The third-order valence-corrected chi connectivity index (χ3v) is 30.2. The molecule has 15 aromatic heterocycles. The molecule has 11 aromatic carbocycles. The number of imidazole rings is 6. The Balaban J connectivity index is 0.000000102. The van der Waals surface area contributed by atoms with E-state index in [1.807, 2.05) is 46.2 Å². The summed E-state index contributed by atoms with van der Waals surface area (Å²) in [6.45, 7) is 37.5. The van der Waals surface area contributed by atoms with Crippen molar-refractivity contribution in [3.63, 3.8) is 0 Å². The van der Waals surface area contributed by atoms with E-state index in [0.717, 1.165) is 161 Å². The Morgan fingerprint density at radius 3 is 1.33 bits per heavy atom. The summed E-state index contributed by atoms with van der Waals surface area (Å²) in [4.78, 5) is 24.8. The van der Waals surface area contributed by atoms with Gasteiger partial charge in [0.1, 0.15) is 112 Å². The van der Waals surface area contributed by atoms with Gasteiger partial charge < -0.3 is 35.5 Å². The van der Waals surface area contributed by atoms with Crippen LogP contribution in [0.25, 0.3) is 204 Å². The number of fused-ring (bicyclic) bond motifs is 16. The molecule has 26 aromatic rings. The zero-order valence-electron chi connectivity index (χ0n) is 84.8. The second-order valence-corrected chi connectivity index (χ2v) is 40.0. The van der Waals surface area contributed by atoms with Gasteiger partial charge in [0, 0.05) is 55.6 Å². The fourth-order valence-electron chi connectivity index (χ4n) is 21.0. The molecule has 15 heterocycles. The van der Waals surface area contributed by atoms with Crippen LogP contribution in [0.4, 0.5) is 0 Å². The van der Waals surface area contributed by atoms with Gasteiger partial charge in [0.2, 0.25) is 10.6 Å². The number of benzene rings is 11. The second-order valence-electron chi connectivity index (χ2n) is 38.0. The third-order valence-electron chi connectivity index (χ3n) is 28.0. The van der Waals surface area contributed by atoms with Crippen LogP contribution in [0, 0.1) is 125 Å². The van der Waals surface area contributed by atoms with Crippen LogP contribution >= 0.6 is 22.7 Å². The van der Waals surface area contributed by atoms with E-state index in [9.17, 15) is 0 Å². The van der Waals surface area contributed by atoms with Crippen LogP contribution in [0.15, 0.2) is 269 Å². The maximum absolute atomic E-state index is 6.39. The molecule has 0 saturated carbocycles. The first kappa shape index (κ1) is 91.7. The van der Waals surface area contributed by atoms with Crippen LogP contribution in [0.3, 0.4) is 0 Å². The van der Waals surface area contributed by atoms with Crippen molar-refractivity contribution in [2.24, 2.45) is 42.3 Å².